The molecule has 2 aromatic heterocycles. The maximum Gasteiger partial charge on any atom is 0.338 e. The van der Waals surface area contributed by atoms with Crippen LogP contribution in [0.1, 0.15) is 37.9 Å². The fourth-order valence-corrected chi connectivity index (χ4v) is 4.59. The van der Waals surface area contributed by atoms with E-state index in [0.717, 1.165) is 12.1 Å². The van der Waals surface area contributed by atoms with E-state index in [0.29, 0.717) is 26.2 Å². The van der Waals surface area contributed by atoms with Crippen LogP contribution in [0.3, 0.4) is 0 Å². The molecule has 0 spiro atoms. The summed E-state index contributed by atoms with van der Waals surface area (Å²) >= 11 is 1.26. The van der Waals surface area contributed by atoms with E-state index in [-0.39, 0.29) is 17.9 Å². The monoisotopic (exact) mass is 438 g/mol. The Morgan fingerprint density at radius 2 is 2.03 bits per heavy atom. The summed E-state index contributed by atoms with van der Waals surface area (Å²) in [5, 5.41) is 14.0. The van der Waals surface area contributed by atoms with Crippen molar-refractivity contribution in [3.63, 3.8) is 0 Å². The highest BCUT2D eigenvalue weighted by molar-refractivity contribution is 7.07. The molecule has 0 saturated carbocycles. The molecule has 1 aliphatic rings. The van der Waals surface area contributed by atoms with Crippen LogP contribution < -0.4 is 14.9 Å². The van der Waals surface area contributed by atoms with Crippen molar-refractivity contribution in [3.05, 3.63) is 78.7 Å². The van der Waals surface area contributed by atoms with Gasteiger partial charge in [-0.2, -0.15) is 5.10 Å². The molecule has 0 unspecified atom stereocenters. The maximum atomic E-state index is 13.4. The van der Waals surface area contributed by atoms with Crippen LogP contribution in [-0.4, -0.2) is 32.0 Å². The van der Waals surface area contributed by atoms with E-state index in [2.05, 4.69) is 10.1 Å². The molecule has 31 heavy (non-hydrogen) atoms. The Bertz CT molecular complexity index is 1350. The fourth-order valence-electron chi connectivity index (χ4n) is 3.54. The number of aryl methyl sites for hydroxylation is 1. The van der Waals surface area contributed by atoms with Gasteiger partial charge in [0.05, 0.1) is 34.6 Å². The minimum Gasteiger partial charge on any atom is -0.508 e. The minimum atomic E-state index is -0.698. The topological polar surface area (TPSA) is 98.7 Å². The summed E-state index contributed by atoms with van der Waals surface area (Å²) in [5.74, 6) is -0.414. The van der Waals surface area contributed by atoms with Crippen LogP contribution in [-0.2, 0) is 16.1 Å². The van der Waals surface area contributed by atoms with Gasteiger partial charge in [-0.05, 0) is 44.5 Å². The Kier molecular flexibility index (Phi) is 5.60. The van der Waals surface area contributed by atoms with E-state index >= 15 is 0 Å². The third-order valence-corrected chi connectivity index (χ3v) is 5.98. The van der Waals surface area contributed by atoms with E-state index in [1.54, 1.807) is 42.9 Å². The van der Waals surface area contributed by atoms with Gasteiger partial charge in [-0.1, -0.05) is 23.5 Å². The van der Waals surface area contributed by atoms with Gasteiger partial charge in [-0.3, -0.25) is 14.0 Å². The number of phenols is 1. The molecule has 0 bridgehead atoms. The SMILES string of the molecule is CCOC(=O)C1=C(C)N=c2s/c(=C/c3cnn(CC)c3)c(=O)n2[C@@H]1c1ccc(O)cc1. The number of esters is 1. The van der Waals surface area contributed by atoms with Crippen molar-refractivity contribution in [2.75, 3.05) is 6.61 Å². The van der Waals surface area contributed by atoms with E-state index in [1.807, 2.05) is 13.1 Å². The van der Waals surface area contributed by atoms with Gasteiger partial charge >= 0.3 is 5.97 Å². The Labute approximate surface area is 182 Å². The lowest BCUT2D eigenvalue weighted by Gasteiger charge is -2.24. The highest BCUT2D eigenvalue weighted by Gasteiger charge is 2.33. The number of hydrogen-bond donors (Lipinski definition) is 1. The first-order valence-corrected chi connectivity index (χ1v) is 10.8. The number of carbonyl (C=O) groups is 1. The number of fused-ring (bicyclic) bond motifs is 1. The predicted octanol–water partition coefficient (Wildman–Crippen LogP) is 1.72. The van der Waals surface area contributed by atoms with E-state index < -0.39 is 12.0 Å². The highest BCUT2D eigenvalue weighted by atomic mass is 32.1. The van der Waals surface area contributed by atoms with Crippen molar-refractivity contribution >= 4 is 23.4 Å². The van der Waals surface area contributed by atoms with Crippen LogP contribution >= 0.6 is 11.3 Å². The molecule has 1 N–H and O–H groups in total. The molecule has 1 aromatic carbocycles. The molecule has 4 rings (SSSR count). The number of phenolic OH excluding ortho intramolecular Hbond substituents is 1. The molecule has 1 atom stereocenters. The molecule has 1 aliphatic heterocycles. The molecule has 0 fully saturated rings. The second kappa shape index (κ2) is 8.35. The van der Waals surface area contributed by atoms with Crippen molar-refractivity contribution in [3.8, 4) is 5.75 Å². The Balaban J connectivity index is 1.93. The summed E-state index contributed by atoms with van der Waals surface area (Å²) in [5.41, 5.74) is 2.06. The molecule has 8 nitrogen and oxygen atoms in total. The molecular weight excluding hydrogens is 416 g/mol. The largest absolute Gasteiger partial charge is 0.508 e. The average molecular weight is 439 g/mol. The summed E-state index contributed by atoms with van der Waals surface area (Å²) in [6, 6.07) is 5.75. The molecule has 0 amide bonds. The number of aromatic nitrogens is 3. The number of nitrogens with zero attached hydrogens (tertiary/aromatic N) is 4. The average Bonchev–Trinajstić information content (AvgIpc) is 3.32. The zero-order valence-electron chi connectivity index (χ0n) is 17.4. The van der Waals surface area contributed by atoms with E-state index in [1.165, 1.54) is 28.0 Å². The van der Waals surface area contributed by atoms with Crippen LogP contribution in [0.4, 0.5) is 0 Å². The van der Waals surface area contributed by atoms with Crippen molar-refractivity contribution < 1.29 is 14.6 Å². The maximum absolute atomic E-state index is 13.4. The zero-order chi connectivity index (χ0) is 22.1. The van der Waals surface area contributed by atoms with Gasteiger partial charge in [0.2, 0.25) is 0 Å². The van der Waals surface area contributed by atoms with Gasteiger partial charge < -0.3 is 9.84 Å². The second-order valence-corrected chi connectivity index (χ2v) is 8.03. The van der Waals surface area contributed by atoms with E-state index in [4.69, 9.17) is 4.74 Å². The zero-order valence-corrected chi connectivity index (χ0v) is 18.2. The third kappa shape index (κ3) is 3.84. The van der Waals surface area contributed by atoms with Crippen molar-refractivity contribution in [1.29, 1.82) is 0 Å². The lowest BCUT2D eigenvalue weighted by Crippen LogP contribution is -2.39. The van der Waals surface area contributed by atoms with E-state index in [9.17, 15) is 14.7 Å². The molecule has 0 saturated heterocycles. The number of hydrogen-bond acceptors (Lipinski definition) is 7. The Morgan fingerprint density at radius 3 is 2.68 bits per heavy atom. The second-order valence-electron chi connectivity index (χ2n) is 7.02. The predicted molar refractivity (Wildman–Crippen MR) is 116 cm³/mol. The van der Waals surface area contributed by atoms with Gasteiger partial charge in [-0.15, -0.1) is 0 Å². The lowest BCUT2D eigenvalue weighted by atomic mass is 9.96. The standard InChI is InChI=1S/C22H22N4O4S/c1-4-25-12-14(11-23-25)10-17-20(28)26-19(15-6-8-16(27)9-7-15)18(21(29)30-5-2)13(3)24-22(26)31-17/h6-12,19,27H,4-5H2,1-3H3/b17-10+/t19-/m1/s1. The molecule has 9 heteroatoms. The highest BCUT2D eigenvalue weighted by Crippen LogP contribution is 2.31. The number of thiazole rings is 1. The summed E-state index contributed by atoms with van der Waals surface area (Å²) in [6.07, 6.45) is 5.35. The molecule has 160 valence electrons. The van der Waals surface area contributed by atoms with Crippen LogP contribution in [0.2, 0.25) is 0 Å². The number of aromatic hydroxyl groups is 1. The van der Waals surface area contributed by atoms with Crippen LogP contribution in [0.5, 0.6) is 5.75 Å². The lowest BCUT2D eigenvalue weighted by molar-refractivity contribution is -0.139. The number of benzene rings is 1. The number of carbonyl (C=O) groups excluding carboxylic acids is 1. The first-order valence-electron chi connectivity index (χ1n) is 9.94. The molecular formula is C22H22N4O4S. The quantitative estimate of drug-likeness (QED) is 0.612. The molecule has 3 heterocycles. The van der Waals surface area contributed by atoms with Crippen LogP contribution in [0, 0.1) is 0 Å². The third-order valence-electron chi connectivity index (χ3n) is 5.00. The molecule has 0 aliphatic carbocycles. The van der Waals surface area contributed by atoms with Gasteiger partial charge in [0.1, 0.15) is 5.75 Å². The van der Waals surface area contributed by atoms with Gasteiger partial charge in [0, 0.05) is 18.3 Å². The van der Waals surface area contributed by atoms with Gasteiger partial charge in [0.25, 0.3) is 5.56 Å². The number of rotatable bonds is 5. The van der Waals surface area contributed by atoms with Gasteiger partial charge in [0.15, 0.2) is 4.80 Å². The summed E-state index contributed by atoms with van der Waals surface area (Å²) < 4.78 is 9.06. The number of allylic oxidation sites excluding steroid dienone is 1. The first-order chi connectivity index (χ1) is 14.9. The number of ether oxygens (including phenoxy) is 1. The van der Waals surface area contributed by atoms with Crippen molar-refractivity contribution in [1.82, 2.24) is 14.3 Å². The Hall–Kier alpha value is -3.46. The normalized spacial score (nSPS) is 16.2. The van der Waals surface area contributed by atoms with Crippen molar-refractivity contribution in [2.45, 2.75) is 33.4 Å². The van der Waals surface area contributed by atoms with Gasteiger partial charge in [-0.25, -0.2) is 9.79 Å². The van der Waals surface area contributed by atoms with Crippen LogP contribution in [0.15, 0.2) is 57.7 Å². The summed E-state index contributed by atoms with van der Waals surface area (Å²) in [7, 11) is 0. The fraction of sp³-hybridized carbons (Fsp3) is 0.273. The Morgan fingerprint density at radius 1 is 1.29 bits per heavy atom. The summed E-state index contributed by atoms with van der Waals surface area (Å²) in [6.45, 7) is 6.40. The molecule has 0 radical (unpaired) electrons. The smallest absolute Gasteiger partial charge is 0.338 e. The first kappa shape index (κ1) is 20.8. The minimum absolute atomic E-state index is 0.0995. The molecule has 3 aromatic rings. The van der Waals surface area contributed by atoms with Crippen LogP contribution in [0.25, 0.3) is 6.08 Å². The van der Waals surface area contributed by atoms with Crippen molar-refractivity contribution in [2.24, 2.45) is 4.99 Å². The summed E-state index contributed by atoms with van der Waals surface area (Å²) in [4.78, 5) is 31.2.